The molecule has 6 aromatic carbocycles. The van der Waals surface area contributed by atoms with Crippen LogP contribution in [0.2, 0.25) is 0 Å². The van der Waals surface area contributed by atoms with Gasteiger partial charge in [0.25, 0.3) is 0 Å². The van der Waals surface area contributed by atoms with E-state index < -0.39 is 0 Å². The highest BCUT2D eigenvalue weighted by atomic mass is 15.0. The zero-order chi connectivity index (χ0) is 34.4. The van der Waals surface area contributed by atoms with Crippen LogP contribution in [-0.2, 0) is 5.41 Å². The number of allylic oxidation sites excluding steroid dienone is 4. The van der Waals surface area contributed by atoms with E-state index in [0.717, 1.165) is 28.7 Å². The Labute approximate surface area is 299 Å². The highest BCUT2D eigenvalue weighted by Crippen LogP contribution is 2.58. The molecule has 7 aromatic rings. The maximum atomic E-state index is 5.14. The maximum absolute atomic E-state index is 5.14. The highest BCUT2D eigenvalue weighted by Gasteiger charge is 2.49. The van der Waals surface area contributed by atoms with Crippen LogP contribution in [0.25, 0.3) is 56.4 Å². The summed E-state index contributed by atoms with van der Waals surface area (Å²) in [5.74, 6) is 2.25. The van der Waals surface area contributed by atoms with Crippen molar-refractivity contribution in [3.05, 3.63) is 198 Å². The van der Waals surface area contributed by atoms with Gasteiger partial charge in [0, 0.05) is 16.7 Å². The highest BCUT2D eigenvalue weighted by molar-refractivity contribution is 5.87. The van der Waals surface area contributed by atoms with Gasteiger partial charge in [-0.3, -0.25) is 0 Å². The summed E-state index contributed by atoms with van der Waals surface area (Å²) < 4.78 is 0. The first kappa shape index (κ1) is 30.8. The minimum Gasteiger partial charge on any atom is -0.208 e. The summed E-state index contributed by atoms with van der Waals surface area (Å²) in [6.07, 6.45) is 8.09. The zero-order valence-corrected chi connectivity index (χ0v) is 28.8. The van der Waals surface area contributed by atoms with Crippen LogP contribution in [0.5, 0.6) is 0 Å². The van der Waals surface area contributed by atoms with Gasteiger partial charge in [0.2, 0.25) is 0 Å². The van der Waals surface area contributed by atoms with Crippen molar-refractivity contribution < 1.29 is 0 Å². The molecule has 3 nitrogen and oxygen atoms in total. The average molecular weight is 656 g/mol. The molecular weight excluding hydrogens is 619 g/mol. The molecule has 0 aliphatic heterocycles. The van der Waals surface area contributed by atoms with Crippen molar-refractivity contribution >= 4 is 0 Å². The average Bonchev–Trinajstić information content (AvgIpc) is 3.49. The fourth-order valence-electron chi connectivity index (χ4n) is 8.04. The Morgan fingerprint density at radius 3 is 1.69 bits per heavy atom. The monoisotopic (exact) mass is 655 g/mol. The number of rotatable bonds is 6. The van der Waals surface area contributed by atoms with E-state index in [1.165, 1.54) is 44.5 Å². The summed E-state index contributed by atoms with van der Waals surface area (Å²) >= 11 is 0. The molecule has 2 unspecified atom stereocenters. The summed E-state index contributed by atoms with van der Waals surface area (Å²) in [4.78, 5) is 15.3. The fraction of sp³-hybridized carbons (Fsp3) is 0.104. The summed E-state index contributed by atoms with van der Waals surface area (Å²) in [5.41, 5.74) is 14.0. The van der Waals surface area contributed by atoms with Gasteiger partial charge in [-0.2, -0.15) is 0 Å². The number of hydrogen-bond acceptors (Lipinski definition) is 3. The Morgan fingerprint density at radius 2 is 1.02 bits per heavy atom. The van der Waals surface area contributed by atoms with Gasteiger partial charge in [-0.1, -0.05) is 175 Å². The fourth-order valence-corrected chi connectivity index (χ4v) is 8.04. The molecule has 1 heterocycles. The number of nitrogens with zero attached hydrogens (tertiary/aromatic N) is 3. The Bertz CT molecular complexity index is 2440. The van der Waals surface area contributed by atoms with Gasteiger partial charge in [0.15, 0.2) is 17.5 Å². The van der Waals surface area contributed by atoms with Crippen LogP contribution in [0.15, 0.2) is 175 Å². The number of hydrogen-bond donors (Lipinski definition) is 0. The first-order valence-corrected chi connectivity index (χ1v) is 17.7. The Balaban J connectivity index is 1.21. The number of aromatic nitrogens is 3. The van der Waals surface area contributed by atoms with E-state index in [1.807, 2.05) is 24.3 Å². The van der Waals surface area contributed by atoms with Crippen molar-refractivity contribution in [3.63, 3.8) is 0 Å². The Morgan fingerprint density at radius 1 is 0.490 bits per heavy atom. The molecule has 3 heteroatoms. The number of aryl methyl sites for hydroxylation is 1. The van der Waals surface area contributed by atoms with Crippen LogP contribution >= 0.6 is 0 Å². The first-order valence-electron chi connectivity index (χ1n) is 17.7. The van der Waals surface area contributed by atoms with Gasteiger partial charge >= 0.3 is 0 Å². The third-order valence-electron chi connectivity index (χ3n) is 10.6. The Hall–Kier alpha value is -6.19. The lowest BCUT2D eigenvalue weighted by Gasteiger charge is -2.40. The van der Waals surface area contributed by atoms with Crippen molar-refractivity contribution in [2.75, 3.05) is 0 Å². The van der Waals surface area contributed by atoms with Crippen LogP contribution in [0.4, 0.5) is 0 Å². The lowest BCUT2D eigenvalue weighted by molar-refractivity contribution is 0.456. The molecule has 244 valence electrons. The molecule has 1 aromatic heterocycles. The minimum atomic E-state index is -0.328. The number of fused-ring (bicyclic) bond motifs is 3. The summed E-state index contributed by atoms with van der Waals surface area (Å²) in [6, 6.07) is 54.1. The summed E-state index contributed by atoms with van der Waals surface area (Å²) in [7, 11) is 0. The molecular formula is C48H37N3. The molecule has 9 rings (SSSR count). The largest absolute Gasteiger partial charge is 0.208 e. The van der Waals surface area contributed by atoms with Crippen LogP contribution in [0.1, 0.15) is 35.6 Å². The molecule has 0 radical (unpaired) electrons. The van der Waals surface area contributed by atoms with Crippen molar-refractivity contribution in [2.45, 2.75) is 25.7 Å². The van der Waals surface area contributed by atoms with Crippen LogP contribution in [-0.4, -0.2) is 15.0 Å². The lowest BCUT2D eigenvalue weighted by Crippen LogP contribution is -2.35. The van der Waals surface area contributed by atoms with E-state index >= 15 is 0 Å². The topological polar surface area (TPSA) is 38.7 Å². The molecule has 0 bridgehead atoms. The van der Waals surface area contributed by atoms with Crippen LogP contribution < -0.4 is 0 Å². The van der Waals surface area contributed by atoms with Crippen molar-refractivity contribution in [2.24, 2.45) is 5.92 Å². The molecule has 0 saturated heterocycles. The normalized spacial score (nSPS) is 17.5. The molecule has 0 amide bonds. The van der Waals surface area contributed by atoms with E-state index in [1.54, 1.807) is 0 Å². The predicted molar refractivity (Wildman–Crippen MR) is 209 cm³/mol. The van der Waals surface area contributed by atoms with Crippen LogP contribution in [0.3, 0.4) is 0 Å². The number of benzene rings is 6. The second-order valence-electron chi connectivity index (χ2n) is 13.7. The molecule has 0 N–H and O–H groups in total. The van der Waals surface area contributed by atoms with Gasteiger partial charge in [-0.05, 0) is 71.2 Å². The summed E-state index contributed by atoms with van der Waals surface area (Å²) in [5, 5.41) is 0. The van der Waals surface area contributed by atoms with Gasteiger partial charge in [-0.15, -0.1) is 0 Å². The van der Waals surface area contributed by atoms with Crippen LogP contribution in [0, 0.1) is 12.8 Å². The van der Waals surface area contributed by atoms with Gasteiger partial charge in [0.05, 0.1) is 5.41 Å². The predicted octanol–water partition coefficient (Wildman–Crippen LogP) is 11.7. The van der Waals surface area contributed by atoms with Gasteiger partial charge in [0.1, 0.15) is 0 Å². The zero-order valence-electron chi connectivity index (χ0n) is 28.8. The second-order valence-corrected chi connectivity index (χ2v) is 13.7. The third kappa shape index (κ3) is 5.34. The van der Waals surface area contributed by atoms with Crippen molar-refractivity contribution in [1.82, 2.24) is 15.0 Å². The minimum absolute atomic E-state index is 0.268. The molecule has 0 saturated carbocycles. The van der Waals surface area contributed by atoms with Crippen molar-refractivity contribution in [3.8, 4) is 56.4 Å². The molecule has 2 aliphatic rings. The van der Waals surface area contributed by atoms with Gasteiger partial charge in [-0.25, -0.2) is 15.0 Å². The first-order chi connectivity index (χ1) is 25.1. The SMILES string of the molecule is CC1=CCC(C2(c3ccc(C)cc3)c3ccccc3-c3cc(-c4nc(-c5ccccc5)nc(-c5ccc(-c6ccccc6)cc5)n4)ccc32)C=C1. The molecule has 0 spiro atoms. The van der Waals surface area contributed by atoms with E-state index in [0.29, 0.717) is 17.5 Å². The Kier molecular flexibility index (Phi) is 7.62. The van der Waals surface area contributed by atoms with Crippen molar-refractivity contribution in [1.29, 1.82) is 0 Å². The van der Waals surface area contributed by atoms with E-state index in [9.17, 15) is 0 Å². The molecule has 0 fully saturated rings. The maximum Gasteiger partial charge on any atom is 0.164 e. The van der Waals surface area contributed by atoms with E-state index in [-0.39, 0.29) is 11.3 Å². The molecule has 51 heavy (non-hydrogen) atoms. The quantitative estimate of drug-likeness (QED) is 0.179. The van der Waals surface area contributed by atoms with Gasteiger partial charge < -0.3 is 0 Å². The summed E-state index contributed by atoms with van der Waals surface area (Å²) in [6.45, 7) is 4.36. The lowest BCUT2D eigenvalue weighted by atomic mass is 9.62. The molecule has 2 atom stereocenters. The van der Waals surface area contributed by atoms with E-state index in [4.69, 9.17) is 15.0 Å². The molecule has 2 aliphatic carbocycles. The smallest absolute Gasteiger partial charge is 0.164 e. The standard InChI is InChI=1S/C48H37N3/c1-32-17-26-39(27-18-32)48(40-28-19-33(2)20-29-40)43-16-10-9-15-41(43)42-31-38(25-30-44(42)48)47-50-45(36-13-7-4-8-14-36)49-46(51-47)37-23-21-35(22-24-37)34-11-5-3-6-12-34/h3-28,30-31,40H,29H2,1-2H3. The second kappa shape index (κ2) is 12.6. The van der Waals surface area contributed by atoms with E-state index in [2.05, 4.69) is 159 Å². The third-order valence-corrected chi connectivity index (χ3v) is 10.6.